The normalized spacial score (nSPS) is 13.0. The summed E-state index contributed by atoms with van der Waals surface area (Å²) in [6, 6.07) is 10.1. The van der Waals surface area contributed by atoms with Gasteiger partial charge in [-0.15, -0.1) is 5.10 Å². The van der Waals surface area contributed by atoms with E-state index in [-0.39, 0.29) is 11.5 Å². The molecule has 22 heavy (non-hydrogen) atoms. The van der Waals surface area contributed by atoms with Gasteiger partial charge in [0.1, 0.15) is 11.4 Å². The van der Waals surface area contributed by atoms with Gasteiger partial charge in [0.05, 0.1) is 18.4 Å². The molecule has 0 amide bonds. The Kier molecular flexibility index (Phi) is 2.69. The Morgan fingerprint density at radius 3 is 2.82 bits per heavy atom. The van der Waals surface area contributed by atoms with E-state index in [1.807, 2.05) is 22.9 Å². The molecule has 1 aliphatic heterocycles. The summed E-state index contributed by atoms with van der Waals surface area (Å²) in [4.78, 5) is 12.8. The van der Waals surface area contributed by atoms with Gasteiger partial charge >= 0.3 is 0 Å². The highest BCUT2D eigenvalue weighted by Crippen LogP contribution is 2.23. The van der Waals surface area contributed by atoms with Gasteiger partial charge in [-0.1, -0.05) is 5.21 Å². The Balaban J connectivity index is 1.86. The summed E-state index contributed by atoms with van der Waals surface area (Å²) >= 11 is 0. The first-order chi connectivity index (χ1) is 10.7. The first-order valence-corrected chi connectivity index (χ1v) is 6.83. The maximum Gasteiger partial charge on any atom is 0.211 e. The third-order valence-electron chi connectivity index (χ3n) is 3.69. The summed E-state index contributed by atoms with van der Waals surface area (Å²) in [5.74, 6) is -0.0388. The number of allylic oxidation sites excluding steroid dienone is 1. The zero-order valence-electron chi connectivity index (χ0n) is 11.5. The van der Waals surface area contributed by atoms with Crippen LogP contribution < -0.4 is 0 Å². The summed E-state index contributed by atoms with van der Waals surface area (Å²) in [5.41, 5.74) is 2.71. The Morgan fingerprint density at radius 2 is 2.00 bits per heavy atom. The van der Waals surface area contributed by atoms with E-state index in [2.05, 4.69) is 10.3 Å². The molecule has 1 aromatic carbocycles. The molecule has 1 N–H and O–H groups in total. The number of hydrogen-bond donors (Lipinski definition) is 1. The van der Waals surface area contributed by atoms with Crippen LogP contribution in [0.4, 0.5) is 0 Å². The molecule has 0 saturated heterocycles. The van der Waals surface area contributed by atoms with E-state index < -0.39 is 0 Å². The minimum atomic E-state index is -0.165. The van der Waals surface area contributed by atoms with Crippen LogP contribution in [0.25, 0.3) is 11.8 Å². The minimum Gasteiger partial charge on any atom is -0.508 e. The number of hydrogen-bond acceptors (Lipinski definition) is 4. The van der Waals surface area contributed by atoms with E-state index in [4.69, 9.17) is 0 Å². The van der Waals surface area contributed by atoms with Gasteiger partial charge in [0.25, 0.3) is 0 Å². The first kappa shape index (κ1) is 12.6. The summed E-state index contributed by atoms with van der Waals surface area (Å²) in [7, 11) is 0. The average molecular weight is 292 g/mol. The van der Waals surface area contributed by atoms with Crippen molar-refractivity contribution in [1.29, 1.82) is 0 Å². The molecular formula is C16H12N4O2. The van der Waals surface area contributed by atoms with Gasteiger partial charge in [0, 0.05) is 17.5 Å². The highest BCUT2D eigenvalue weighted by molar-refractivity contribution is 6.27. The fraction of sp³-hybridized carbons (Fsp3) is 0.0625. The smallest absolute Gasteiger partial charge is 0.211 e. The summed E-state index contributed by atoms with van der Waals surface area (Å²) < 4.78 is 3.61. The van der Waals surface area contributed by atoms with Crippen molar-refractivity contribution in [2.75, 3.05) is 0 Å². The number of rotatable bonds is 2. The highest BCUT2D eigenvalue weighted by atomic mass is 16.3. The van der Waals surface area contributed by atoms with Gasteiger partial charge in [-0.25, -0.2) is 4.68 Å². The Morgan fingerprint density at radius 1 is 1.18 bits per heavy atom. The lowest BCUT2D eigenvalue weighted by Gasteiger charge is -2.07. The SMILES string of the molecule is O=C(C1=Cc2cccn2Cc2cnnn21)c1ccc(O)cc1. The molecule has 108 valence electrons. The van der Waals surface area contributed by atoms with E-state index in [0.717, 1.165) is 11.4 Å². The maximum atomic E-state index is 12.8. The summed E-state index contributed by atoms with van der Waals surface area (Å²) in [5, 5.41) is 17.3. The lowest BCUT2D eigenvalue weighted by molar-refractivity contribution is 0.105. The second kappa shape index (κ2) is 4.70. The molecule has 0 unspecified atom stereocenters. The second-order valence-electron chi connectivity index (χ2n) is 5.10. The third-order valence-corrected chi connectivity index (χ3v) is 3.69. The topological polar surface area (TPSA) is 72.9 Å². The van der Waals surface area contributed by atoms with Gasteiger partial charge < -0.3 is 9.67 Å². The largest absolute Gasteiger partial charge is 0.508 e. The Labute approximate surface area is 125 Å². The fourth-order valence-corrected chi connectivity index (χ4v) is 2.57. The monoisotopic (exact) mass is 292 g/mol. The maximum absolute atomic E-state index is 12.8. The number of Topliss-reactive ketones (excluding diaryl/α,β-unsaturated/α-hetero) is 1. The molecule has 2 aromatic heterocycles. The van der Waals surface area contributed by atoms with Crippen LogP contribution in [-0.2, 0) is 6.54 Å². The Bertz CT molecular complexity index is 887. The number of benzene rings is 1. The number of phenolic OH excluding ortho intramolecular Hbond substituents is 1. The zero-order valence-corrected chi connectivity index (χ0v) is 11.5. The van der Waals surface area contributed by atoms with Crippen molar-refractivity contribution in [2.24, 2.45) is 0 Å². The van der Waals surface area contributed by atoms with Crippen LogP contribution in [0, 0.1) is 0 Å². The van der Waals surface area contributed by atoms with E-state index in [0.29, 0.717) is 17.8 Å². The molecule has 0 fully saturated rings. The molecule has 0 bridgehead atoms. The molecule has 0 spiro atoms. The van der Waals surface area contributed by atoms with Crippen molar-refractivity contribution in [1.82, 2.24) is 19.6 Å². The average Bonchev–Trinajstić information content (AvgIpc) is 3.13. The van der Waals surface area contributed by atoms with Gasteiger partial charge in [-0.3, -0.25) is 4.79 Å². The number of carbonyl (C=O) groups excluding carboxylic acids is 1. The van der Waals surface area contributed by atoms with Crippen molar-refractivity contribution in [3.05, 3.63) is 65.7 Å². The number of fused-ring (bicyclic) bond motifs is 2. The first-order valence-electron chi connectivity index (χ1n) is 6.83. The molecule has 6 heteroatoms. The van der Waals surface area contributed by atoms with Crippen molar-refractivity contribution in [2.45, 2.75) is 6.54 Å². The van der Waals surface area contributed by atoms with Crippen LogP contribution in [-0.4, -0.2) is 30.5 Å². The molecule has 0 aliphatic carbocycles. The van der Waals surface area contributed by atoms with Gasteiger partial charge in [-0.05, 0) is 42.5 Å². The number of aromatic nitrogens is 4. The molecule has 3 heterocycles. The van der Waals surface area contributed by atoms with Gasteiger partial charge in [-0.2, -0.15) is 0 Å². The molecular weight excluding hydrogens is 280 g/mol. The van der Waals surface area contributed by atoms with Crippen LogP contribution in [0.2, 0.25) is 0 Å². The van der Waals surface area contributed by atoms with Crippen LogP contribution in [0.15, 0.2) is 48.8 Å². The lowest BCUT2D eigenvalue weighted by atomic mass is 10.1. The highest BCUT2D eigenvalue weighted by Gasteiger charge is 2.22. The standard InChI is InChI=1S/C16H12N4O2/c21-14-5-3-11(4-6-14)16(22)15-8-12-2-1-7-19(12)10-13-9-17-18-20(13)15/h1-9,21H,10H2. The van der Waals surface area contributed by atoms with Gasteiger partial charge in [0.2, 0.25) is 5.78 Å². The second-order valence-corrected chi connectivity index (χ2v) is 5.10. The van der Waals surface area contributed by atoms with E-state index in [1.54, 1.807) is 29.1 Å². The Hall–Kier alpha value is -3.15. The lowest BCUT2D eigenvalue weighted by Crippen LogP contribution is -2.12. The predicted octanol–water partition coefficient (Wildman–Crippen LogP) is 2.03. The molecule has 1 aliphatic rings. The molecule has 0 atom stereocenters. The molecule has 0 saturated carbocycles. The number of aromatic hydroxyl groups is 1. The fourth-order valence-electron chi connectivity index (χ4n) is 2.57. The predicted molar refractivity (Wildman–Crippen MR) is 80.2 cm³/mol. The van der Waals surface area contributed by atoms with Crippen molar-refractivity contribution >= 4 is 17.6 Å². The molecule has 0 radical (unpaired) electrons. The number of phenols is 1. The molecule has 6 nitrogen and oxygen atoms in total. The number of nitrogens with zero attached hydrogens (tertiary/aromatic N) is 4. The van der Waals surface area contributed by atoms with Crippen LogP contribution >= 0.6 is 0 Å². The summed E-state index contributed by atoms with van der Waals surface area (Å²) in [6.45, 7) is 0.609. The van der Waals surface area contributed by atoms with Crippen molar-refractivity contribution < 1.29 is 9.90 Å². The van der Waals surface area contributed by atoms with E-state index >= 15 is 0 Å². The van der Waals surface area contributed by atoms with Gasteiger partial charge in [0.15, 0.2) is 0 Å². The van der Waals surface area contributed by atoms with Crippen LogP contribution in [0.3, 0.4) is 0 Å². The van der Waals surface area contributed by atoms with Crippen LogP contribution in [0.5, 0.6) is 5.75 Å². The van der Waals surface area contributed by atoms with Crippen LogP contribution in [0.1, 0.15) is 21.7 Å². The number of carbonyl (C=O) groups is 1. The molecule has 4 rings (SSSR count). The quantitative estimate of drug-likeness (QED) is 0.733. The van der Waals surface area contributed by atoms with E-state index in [1.165, 1.54) is 12.1 Å². The minimum absolute atomic E-state index is 0.127. The number of ketones is 1. The zero-order chi connectivity index (χ0) is 15.1. The summed E-state index contributed by atoms with van der Waals surface area (Å²) in [6.07, 6.45) is 5.42. The van der Waals surface area contributed by atoms with Crippen molar-refractivity contribution in [3.8, 4) is 5.75 Å². The van der Waals surface area contributed by atoms with Crippen molar-refractivity contribution in [3.63, 3.8) is 0 Å². The van der Waals surface area contributed by atoms with E-state index in [9.17, 15) is 9.90 Å². The molecule has 3 aromatic rings. The third kappa shape index (κ3) is 1.93.